The lowest BCUT2D eigenvalue weighted by Gasteiger charge is -2.24. The van der Waals surface area contributed by atoms with Crippen molar-refractivity contribution < 1.29 is 0 Å². The quantitative estimate of drug-likeness (QED) is 0.226. The number of unbranched alkanes of at least 4 members (excludes halogenated alkanes) is 7. The molecule has 3 rings (SSSR count). The standard InChI is InChI=1S/C26H38N2O2S2/c1-4-6-8-10-11-13-19(3)20(14-12-9-7-5-2)17-28-25(29)21-15-16-31-23(21)24-22(26(28)30)27-18-32-24/h15-16,18-20H,4-14,17H2,1-3H3. The van der Waals surface area contributed by atoms with Crippen molar-refractivity contribution in [2.45, 2.75) is 97.9 Å². The first-order valence-corrected chi connectivity index (χ1v) is 14.2. The molecule has 0 aliphatic carbocycles. The van der Waals surface area contributed by atoms with Crippen LogP contribution in [0.15, 0.2) is 26.5 Å². The van der Waals surface area contributed by atoms with Crippen LogP contribution in [0.3, 0.4) is 0 Å². The van der Waals surface area contributed by atoms with E-state index < -0.39 is 0 Å². The fourth-order valence-corrected chi connectivity index (χ4v) is 6.52. The van der Waals surface area contributed by atoms with Crippen LogP contribution in [-0.2, 0) is 6.54 Å². The first kappa shape index (κ1) is 25.1. The smallest absolute Gasteiger partial charge is 0.273 e. The van der Waals surface area contributed by atoms with E-state index in [1.807, 2.05) is 11.4 Å². The summed E-state index contributed by atoms with van der Waals surface area (Å²) in [4.78, 5) is 31.2. The van der Waals surface area contributed by atoms with Crippen LogP contribution >= 0.6 is 22.7 Å². The molecule has 0 fully saturated rings. The van der Waals surface area contributed by atoms with Crippen LogP contribution < -0.4 is 11.1 Å². The molecule has 0 aliphatic heterocycles. The normalized spacial score (nSPS) is 13.7. The molecule has 0 aromatic carbocycles. The van der Waals surface area contributed by atoms with E-state index in [4.69, 9.17) is 0 Å². The third-order valence-corrected chi connectivity index (χ3v) is 8.68. The Hall–Kier alpha value is -1.53. The first-order valence-electron chi connectivity index (χ1n) is 12.5. The topological polar surface area (TPSA) is 52.0 Å². The molecule has 6 heteroatoms. The molecule has 2 unspecified atom stereocenters. The molecule has 0 bridgehead atoms. The summed E-state index contributed by atoms with van der Waals surface area (Å²) in [6.07, 6.45) is 13.5. The Morgan fingerprint density at radius 2 is 1.56 bits per heavy atom. The maximum absolute atomic E-state index is 13.4. The average Bonchev–Trinajstić information content (AvgIpc) is 3.45. The SMILES string of the molecule is CCCCCCCC(C)C(CCCCCC)Cn1c(=O)c2ccsc2c2scnc2c1=O. The summed E-state index contributed by atoms with van der Waals surface area (Å²) in [6.45, 7) is 7.30. The summed E-state index contributed by atoms with van der Waals surface area (Å²) < 4.78 is 3.25. The monoisotopic (exact) mass is 474 g/mol. The number of thiazole rings is 1. The summed E-state index contributed by atoms with van der Waals surface area (Å²) in [5.74, 6) is 0.840. The number of nitrogens with zero attached hydrogens (tertiary/aromatic N) is 2. The van der Waals surface area contributed by atoms with E-state index in [1.165, 1.54) is 91.4 Å². The van der Waals surface area contributed by atoms with E-state index in [0.29, 0.717) is 29.3 Å². The highest BCUT2D eigenvalue weighted by Crippen LogP contribution is 2.29. The molecule has 3 aromatic heterocycles. The molecule has 176 valence electrons. The van der Waals surface area contributed by atoms with E-state index in [9.17, 15) is 9.59 Å². The first-order chi connectivity index (χ1) is 15.6. The molecular weight excluding hydrogens is 436 g/mol. The van der Waals surface area contributed by atoms with E-state index in [2.05, 4.69) is 25.8 Å². The van der Waals surface area contributed by atoms with Gasteiger partial charge in [0.15, 0.2) is 0 Å². The van der Waals surface area contributed by atoms with Crippen LogP contribution in [0.25, 0.3) is 20.3 Å². The average molecular weight is 475 g/mol. The Kier molecular flexibility index (Phi) is 9.92. The Bertz CT molecular complexity index is 1030. The molecular formula is C26H38N2O2S2. The molecule has 2 atom stereocenters. The molecule has 0 N–H and O–H groups in total. The highest BCUT2D eigenvalue weighted by Gasteiger charge is 2.21. The third-order valence-electron chi connectivity index (χ3n) is 6.78. The van der Waals surface area contributed by atoms with Crippen LogP contribution in [0.1, 0.15) is 91.4 Å². The Morgan fingerprint density at radius 3 is 2.31 bits per heavy atom. The van der Waals surface area contributed by atoms with Gasteiger partial charge in [0.1, 0.15) is 5.52 Å². The van der Waals surface area contributed by atoms with Gasteiger partial charge >= 0.3 is 0 Å². The third kappa shape index (κ3) is 6.07. The van der Waals surface area contributed by atoms with Crippen molar-refractivity contribution in [1.82, 2.24) is 9.55 Å². The van der Waals surface area contributed by atoms with Gasteiger partial charge in [-0.15, -0.1) is 22.7 Å². The molecule has 3 aromatic rings. The fraction of sp³-hybridized carbons (Fsp3) is 0.654. The zero-order chi connectivity index (χ0) is 22.9. The van der Waals surface area contributed by atoms with Crippen molar-refractivity contribution in [3.05, 3.63) is 37.7 Å². The van der Waals surface area contributed by atoms with E-state index in [0.717, 1.165) is 15.8 Å². The largest absolute Gasteiger partial charge is 0.280 e. The van der Waals surface area contributed by atoms with Gasteiger partial charge in [-0.05, 0) is 29.7 Å². The molecule has 4 nitrogen and oxygen atoms in total. The minimum absolute atomic E-state index is 0.148. The molecule has 3 heterocycles. The van der Waals surface area contributed by atoms with E-state index in [-0.39, 0.29) is 11.1 Å². The lowest BCUT2D eigenvalue weighted by Crippen LogP contribution is -2.34. The second-order valence-electron chi connectivity index (χ2n) is 9.20. The molecule has 0 saturated carbocycles. The zero-order valence-electron chi connectivity index (χ0n) is 19.9. The summed E-state index contributed by atoms with van der Waals surface area (Å²) >= 11 is 2.98. The van der Waals surface area contributed by atoms with Crippen LogP contribution in [0.4, 0.5) is 0 Å². The van der Waals surface area contributed by atoms with Gasteiger partial charge < -0.3 is 0 Å². The van der Waals surface area contributed by atoms with Crippen molar-refractivity contribution in [2.75, 3.05) is 0 Å². The summed E-state index contributed by atoms with van der Waals surface area (Å²) in [5, 5.41) is 2.60. The molecule has 0 amide bonds. The lowest BCUT2D eigenvalue weighted by molar-refractivity contribution is 0.262. The second kappa shape index (κ2) is 12.6. The Balaban J connectivity index is 1.88. The van der Waals surface area contributed by atoms with Crippen LogP contribution in [0, 0.1) is 11.8 Å². The fourth-order valence-electron chi connectivity index (χ4n) is 4.67. The van der Waals surface area contributed by atoms with Crippen LogP contribution in [0.5, 0.6) is 0 Å². The minimum atomic E-state index is -0.219. The van der Waals surface area contributed by atoms with E-state index >= 15 is 0 Å². The van der Waals surface area contributed by atoms with Gasteiger partial charge in [0.25, 0.3) is 11.1 Å². The van der Waals surface area contributed by atoms with Crippen molar-refractivity contribution in [1.29, 1.82) is 0 Å². The molecule has 0 radical (unpaired) electrons. The number of rotatable bonds is 14. The number of hydrogen-bond donors (Lipinski definition) is 0. The maximum Gasteiger partial charge on any atom is 0.280 e. The second-order valence-corrected chi connectivity index (χ2v) is 11.0. The van der Waals surface area contributed by atoms with Gasteiger partial charge in [-0.25, -0.2) is 4.98 Å². The van der Waals surface area contributed by atoms with Gasteiger partial charge in [0.2, 0.25) is 0 Å². The van der Waals surface area contributed by atoms with Gasteiger partial charge in [-0.3, -0.25) is 14.2 Å². The number of aromatic nitrogens is 2. The van der Waals surface area contributed by atoms with Crippen molar-refractivity contribution in [3.63, 3.8) is 0 Å². The van der Waals surface area contributed by atoms with E-state index in [1.54, 1.807) is 5.51 Å². The van der Waals surface area contributed by atoms with Gasteiger partial charge in [-0.2, -0.15) is 0 Å². The Morgan fingerprint density at radius 1 is 0.875 bits per heavy atom. The number of fused-ring (bicyclic) bond motifs is 3. The van der Waals surface area contributed by atoms with Gasteiger partial charge in [0, 0.05) is 6.54 Å². The van der Waals surface area contributed by atoms with Crippen molar-refractivity contribution in [3.8, 4) is 0 Å². The summed E-state index contributed by atoms with van der Waals surface area (Å²) in [5.41, 5.74) is 1.80. The van der Waals surface area contributed by atoms with Gasteiger partial charge in [-0.1, -0.05) is 85.0 Å². The van der Waals surface area contributed by atoms with Crippen molar-refractivity contribution >= 4 is 43.0 Å². The zero-order valence-corrected chi connectivity index (χ0v) is 21.5. The highest BCUT2D eigenvalue weighted by atomic mass is 32.1. The number of thiophene rings is 1. The molecule has 0 spiro atoms. The lowest BCUT2D eigenvalue weighted by atomic mass is 9.85. The highest BCUT2D eigenvalue weighted by molar-refractivity contribution is 7.25. The Labute approximate surface area is 199 Å². The summed E-state index contributed by atoms with van der Waals surface area (Å²) in [6, 6.07) is 1.87. The minimum Gasteiger partial charge on any atom is -0.273 e. The molecule has 0 aliphatic rings. The van der Waals surface area contributed by atoms with Gasteiger partial charge in [0.05, 0.1) is 20.3 Å². The molecule has 32 heavy (non-hydrogen) atoms. The maximum atomic E-state index is 13.4. The van der Waals surface area contributed by atoms with Crippen LogP contribution in [-0.4, -0.2) is 9.55 Å². The number of hydrogen-bond acceptors (Lipinski definition) is 5. The predicted octanol–water partition coefficient (Wildman–Crippen LogP) is 7.62. The van der Waals surface area contributed by atoms with Crippen LogP contribution in [0.2, 0.25) is 0 Å². The van der Waals surface area contributed by atoms with Crippen molar-refractivity contribution in [2.24, 2.45) is 11.8 Å². The summed E-state index contributed by atoms with van der Waals surface area (Å²) in [7, 11) is 0. The molecule has 0 saturated heterocycles. The predicted molar refractivity (Wildman–Crippen MR) is 140 cm³/mol.